The van der Waals surface area contributed by atoms with Crippen molar-refractivity contribution >= 4 is 11.8 Å². The van der Waals surface area contributed by atoms with Crippen LogP contribution in [0.5, 0.6) is 0 Å². The molecule has 0 radical (unpaired) electrons. The summed E-state index contributed by atoms with van der Waals surface area (Å²) in [5, 5.41) is 11.8. The molecule has 0 fully saturated rings. The third kappa shape index (κ3) is 3.55. The van der Waals surface area contributed by atoms with E-state index in [1.54, 1.807) is 18.3 Å². The largest absolute Gasteiger partial charge is 0.465 e. The van der Waals surface area contributed by atoms with Crippen molar-refractivity contribution < 1.29 is 9.90 Å². The maximum atomic E-state index is 11.2. The normalized spacial score (nSPS) is 11.8. The van der Waals surface area contributed by atoms with E-state index in [1.807, 2.05) is 53.2 Å². The van der Waals surface area contributed by atoms with Gasteiger partial charge in [0.25, 0.3) is 0 Å². The topological polar surface area (TPSA) is 93.2 Å². The van der Waals surface area contributed by atoms with Crippen LogP contribution in [-0.4, -0.2) is 20.8 Å². The van der Waals surface area contributed by atoms with Gasteiger partial charge < -0.3 is 20.7 Å². The number of rotatable bonds is 5. The lowest BCUT2D eigenvalue weighted by Gasteiger charge is -2.18. The summed E-state index contributed by atoms with van der Waals surface area (Å²) >= 11 is 0. The molecule has 1 amide bonds. The molecule has 0 spiro atoms. The summed E-state index contributed by atoms with van der Waals surface area (Å²) in [6.45, 7) is 0. The van der Waals surface area contributed by atoms with Crippen LogP contribution in [0.2, 0.25) is 0 Å². The standard InChI is InChI=1S/C18H18N4O2/c19-14-6-8-15(9-7-14)22-11-10-20-17(22)16(21-18(23)24)12-13-4-2-1-3-5-13/h1-11,16,21H,12,19H2,(H,23,24). The highest BCUT2D eigenvalue weighted by molar-refractivity contribution is 5.65. The lowest BCUT2D eigenvalue weighted by Crippen LogP contribution is -2.30. The van der Waals surface area contributed by atoms with E-state index in [0.29, 0.717) is 17.9 Å². The first-order valence-corrected chi connectivity index (χ1v) is 7.56. The fourth-order valence-electron chi connectivity index (χ4n) is 2.63. The van der Waals surface area contributed by atoms with E-state index in [1.165, 1.54) is 0 Å². The zero-order chi connectivity index (χ0) is 16.9. The summed E-state index contributed by atoms with van der Waals surface area (Å²) in [5.41, 5.74) is 8.31. The number of nitrogens with one attached hydrogen (secondary N) is 1. The van der Waals surface area contributed by atoms with Crippen LogP contribution in [0.1, 0.15) is 17.4 Å². The minimum absolute atomic E-state index is 0.461. The summed E-state index contributed by atoms with van der Waals surface area (Å²) in [7, 11) is 0. The van der Waals surface area contributed by atoms with Crippen molar-refractivity contribution in [2.75, 3.05) is 5.73 Å². The second kappa shape index (κ2) is 6.87. The Balaban J connectivity index is 1.95. The van der Waals surface area contributed by atoms with Crippen LogP contribution in [0.4, 0.5) is 10.5 Å². The molecule has 0 aliphatic heterocycles. The van der Waals surface area contributed by atoms with Crippen LogP contribution in [0.3, 0.4) is 0 Å². The molecule has 1 unspecified atom stereocenters. The van der Waals surface area contributed by atoms with E-state index in [0.717, 1.165) is 11.3 Å². The second-order valence-electron chi connectivity index (χ2n) is 5.44. The molecule has 1 aromatic heterocycles. The Bertz CT molecular complexity index is 813. The molecule has 1 atom stereocenters. The Labute approximate surface area is 139 Å². The van der Waals surface area contributed by atoms with Gasteiger partial charge in [0.15, 0.2) is 0 Å². The van der Waals surface area contributed by atoms with Gasteiger partial charge in [-0.3, -0.25) is 0 Å². The van der Waals surface area contributed by atoms with Gasteiger partial charge in [0.1, 0.15) is 5.82 Å². The minimum atomic E-state index is -1.08. The SMILES string of the molecule is Nc1ccc(-n2ccnc2C(Cc2ccccc2)NC(=O)O)cc1. The number of nitrogen functional groups attached to an aromatic ring is 1. The Morgan fingerprint density at radius 1 is 1.17 bits per heavy atom. The van der Waals surface area contributed by atoms with Crippen molar-refractivity contribution in [3.8, 4) is 5.69 Å². The van der Waals surface area contributed by atoms with Crippen LogP contribution in [0.15, 0.2) is 67.0 Å². The van der Waals surface area contributed by atoms with Gasteiger partial charge in [0.2, 0.25) is 0 Å². The van der Waals surface area contributed by atoms with E-state index in [9.17, 15) is 9.90 Å². The second-order valence-corrected chi connectivity index (χ2v) is 5.44. The number of nitrogens with zero attached hydrogens (tertiary/aromatic N) is 2. The number of nitrogens with two attached hydrogens (primary N) is 1. The van der Waals surface area contributed by atoms with Crippen LogP contribution in [0, 0.1) is 0 Å². The molecule has 3 rings (SSSR count). The maximum absolute atomic E-state index is 11.2. The molecule has 4 N–H and O–H groups in total. The van der Waals surface area contributed by atoms with Crippen molar-refractivity contribution in [1.82, 2.24) is 14.9 Å². The van der Waals surface area contributed by atoms with E-state index >= 15 is 0 Å². The monoisotopic (exact) mass is 322 g/mol. The molecule has 0 saturated carbocycles. The number of hydrogen-bond acceptors (Lipinski definition) is 3. The fraction of sp³-hybridized carbons (Fsp3) is 0.111. The molecular formula is C18H18N4O2. The zero-order valence-electron chi connectivity index (χ0n) is 13.0. The molecule has 2 aromatic carbocycles. The Morgan fingerprint density at radius 2 is 1.88 bits per heavy atom. The fourth-order valence-corrected chi connectivity index (χ4v) is 2.63. The van der Waals surface area contributed by atoms with Crippen LogP contribution in [0.25, 0.3) is 5.69 Å². The average Bonchev–Trinajstić information content (AvgIpc) is 3.05. The van der Waals surface area contributed by atoms with Gasteiger partial charge in [-0.05, 0) is 29.8 Å². The van der Waals surface area contributed by atoms with Gasteiger partial charge in [-0.1, -0.05) is 30.3 Å². The third-order valence-corrected chi connectivity index (χ3v) is 3.73. The van der Waals surface area contributed by atoms with E-state index in [2.05, 4.69) is 10.3 Å². The molecule has 1 heterocycles. The number of carboxylic acid groups (broad SMARTS) is 1. The highest BCUT2D eigenvalue weighted by Gasteiger charge is 2.20. The minimum Gasteiger partial charge on any atom is -0.465 e. The molecule has 0 saturated heterocycles. The highest BCUT2D eigenvalue weighted by atomic mass is 16.4. The lowest BCUT2D eigenvalue weighted by atomic mass is 10.1. The molecule has 24 heavy (non-hydrogen) atoms. The first-order chi connectivity index (χ1) is 11.6. The number of hydrogen-bond donors (Lipinski definition) is 3. The van der Waals surface area contributed by atoms with Crippen LogP contribution < -0.4 is 11.1 Å². The lowest BCUT2D eigenvalue weighted by molar-refractivity contribution is 0.189. The summed E-state index contributed by atoms with van der Waals surface area (Å²) in [5.74, 6) is 0.631. The molecular weight excluding hydrogens is 304 g/mol. The molecule has 0 aliphatic carbocycles. The van der Waals surface area contributed by atoms with Crippen molar-refractivity contribution in [3.05, 3.63) is 78.4 Å². The van der Waals surface area contributed by atoms with Gasteiger partial charge >= 0.3 is 6.09 Å². The molecule has 0 bridgehead atoms. The molecule has 6 nitrogen and oxygen atoms in total. The third-order valence-electron chi connectivity index (χ3n) is 3.73. The van der Waals surface area contributed by atoms with Gasteiger partial charge in [-0.15, -0.1) is 0 Å². The van der Waals surface area contributed by atoms with E-state index in [-0.39, 0.29) is 0 Å². The average molecular weight is 322 g/mol. The van der Waals surface area contributed by atoms with Crippen molar-refractivity contribution in [3.63, 3.8) is 0 Å². The van der Waals surface area contributed by atoms with Crippen molar-refractivity contribution in [2.24, 2.45) is 0 Å². The number of imidazole rings is 1. The zero-order valence-corrected chi connectivity index (χ0v) is 13.0. The van der Waals surface area contributed by atoms with Gasteiger partial charge in [-0.25, -0.2) is 9.78 Å². The number of carbonyl (C=O) groups is 1. The first kappa shape index (κ1) is 15.6. The van der Waals surface area contributed by atoms with Crippen molar-refractivity contribution in [1.29, 1.82) is 0 Å². The Morgan fingerprint density at radius 3 is 2.54 bits per heavy atom. The number of benzene rings is 2. The van der Waals surface area contributed by atoms with Crippen LogP contribution in [-0.2, 0) is 6.42 Å². The van der Waals surface area contributed by atoms with E-state index < -0.39 is 12.1 Å². The summed E-state index contributed by atoms with van der Waals surface area (Å²) in [6.07, 6.45) is 2.90. The Kier molecular flexibility index (Phi) is 4.47. The highest BCUT2D eigenvalue weighted by Crippen LogP contribution is 2.21. The molecule has 122 valence electrons. The predicted molar refractivity (Wildman–Crippen MR) is 92.0 cm³/mol. The number of anilines is 1. The van der Waals surface area contributed by atoms with Gasteiger partial charge in [-0.2, -0.15) is 0 Å². The maximum Gasteiger partial charge on any atom is 0.405 e. The number of aromatic nitrogens is 2. The van der Waals surface area contributed by atoms with E-state index in [4.69, 9.17) is 5.73 Å². The Hall–Kier alpha value is -3.28. The predicted octanol–water partition coefficient (Wildman–Crippen LogP) is 3.01. The summed E-state index contributed by atoms with van der Waals surface area (Å²) < 4.78 is 1.86. The quantitative estimate of drug-likeness (QED) is 0.630. The van der Waals surface area contributed by atoms with Crippen molar-refractivity contribution in [2.45, 2.75) is 12.5 Å². The first-order valence-electron chi connectivity index (χ1n) is 7.56. The summed E-state index contributed by atoms with van der Waals surface area (Å²) in [6, 6.07) is 16.6. The summed E-state index contributed by atoms with van der Waals surface area (Å²) in [4.78, 5) is 15.6. The smallest absolute Gasteiger partial charge is 0.405 e. The molecule has 6 heteroatoms. The van der Waals surface area contributed by atoms with Gasteiger partial charge in [0, 0.05) is 30.2 Å². The molecule has 0 aliphatic rings. The number of amides is 1. The molecule has 3 aromatic rings. The van der Waals surface area contributed by atoms with Crippen LogP contribution >= 0.6 is 0 Å². The van der Waals surface area contributed by atoms with Gasteiger partial charge in [0.05, 0.1) is 6.04 Å².